The van der Waals surface area contributed by atoms with Crippen molar-refractivity contribution < 1.29 is 14.6 Å². The highest BCUT2D eigenvalue weighted by Gasteiger charge is 2.21. The summed E-state index contributed by atoms with van der Waals surface area (Å²) in [4.78, 5) is 15.4. The largest absolute Gasteiger partial charge is 0.505 e. The van der Waals surface area contributed by atoms with Crippen LogP contribution in [0.3, 0.4) is 0 Å². The molecule has 2 N–H and O–H groups in total. The molecule has 1 aliphatic rings. The number of carbonyl (C=O) groups excluding carboxylic acids is 1. The second-order valence-electron chi connectivity index (χ2n) is 3.60. The van der Waals surface area contributed by atoms with Gasteiger partial charge in [-0.1, -0.05) is 0 Å². The van der Waals surface area contributed by atoms with Gasteiger partial charge in [-0.3, -0.25) is 0 Å². The molecular formula is C11H14N2O3. The normalized spacial score (nSPS) is 13.8. The number of aromatic hydroxyl groups is 1. The van der Waals surface area contributed by atoms with E-state index in [9.17, 15) is 9.90 Å². The summed E-state index contributed by atoms with van der Waals surface area (Å²) >= 11 is 0. The highest BCUT2D eigenvalue weighted by molar-refractivity contribution is 5.91. The fraction of sp³-hybridized carbons (Fsp3) is 0.455. The smallest absolute Gasteiger partial charge is 0.360 e. The molecule has 0 atom stereocenters. The number of nitrogens with zero attached hydrogens (tertiary/aromatic N) is 1. The van der Waals surface area contributed by atoms with E-state index in [4.69, 9.17) is 4.74 Å². The predicted octanol–water partition coefficient (Wildman–Crippen LogP) is 1.32. The molecule has 5 nitrogen and oxygen atoms in total. The van der Waals surface area contributed by atoms with Crippen molar-refractivity contribution in [3.05, 3.63) is 17.5 Å². The lowest BCUT2D eigenvalue weighted by Crippen LogP contribution is -2.15. The number of rotatable bonds is 2. The van der Waals surface area contributed by atoms with Gasteiger partial charge in [0.15, 0.2) is 11.4 Å². The van der Waals surface area contributed by atoms with Crippen LogP contribution in [0.1, 0.15) is 29.4 Å². The van der Waals surface area contributed by atoms with E-state index in [1.165, 1.54) is 0 Å². The summed E-state index contributed by atoms with van der Waals surface area (Å²) < 4.78 is 4.82. The van der Waals surface area contributed by atoms with Gasteiger partial charge in [-0.05, 0) is 19.8 Å². The topological polar surface area (TPSA) is 71.5 Å². The number of aromatic nitrogens is 1. The molecule has 0 radical (unpaired) electrons. The Morgan fingerprint density at radius 3 is 3.25 bits per heavy atom. The molecule has 5 heteroatoms. The van der Waals surface area contributed by atoms with Crippen molar-refractivity contribution in [1.29, 1.82) is 0 Å². The number of esters is 1. The quantitative estimate of drug-likeness (QED) is 0.738. The Balaban J connectivity index is 2.37. The number of pyridine rings is 1. The molecule has 0 spiro atoms. The first kappa shape index (κ1) is 10.7. The van der Waals surface area contributed by atoms with Gasteiger partial charge in [0.05, 0.1) is 18.5 Å². The fourth-order valence-electron chi connectivity index (χ4n) is 1.78. The Kier molecular flexibility index (Phi) is 2.94. The number of hydrogen-bond acceptors (Lipinski definition) is 5. The zero-order valence-corrected chi connectivity index (χ0v) is 9.12. The number of hydrogen-bond donors (Lipinski definition) is 2. The van der Waals surface area contributed by atoms with Crippen LogP contribution >= 0.6 is 0 Å². The van der Waals surface area contributed by atoms with Crippen LogP contribution in [0.5, 0.6) is 5.75 Å². The van der Waals surface area contributed by atoms with Gasteiger partial charge in [-0.15, -0.1) is 0 Å². The van der Waals surface area contributed by atoms with Gasteiger partial charge in [0.2, 0.25) is 0 Å². The highest BCUT2D eigenvalue weighted by atomic mass is 16.5. The highest BCUT2D eigenvalue weighted by Crippen LogP contribution is 2.31. The monoisotopic (exact) mass is 222 g/mol. The minimum atomic E-state index is -0.576. The number of nitrogens with one attached hydrogen (secondary N) is 1. The molecule has 1 aromatic rings. The van der Waals surface area contributed by atoms with Crippen molar-refractivity contribution >= 4 is 11.7 Å². The van der Waals surface area contributed by atoms with E-state index in [1.807, 2.05) is 0 Å². The summed E-state index contributed by atoms with van der Waals surface area (Å²) in [6, 6.07) is 0. The Labute approximate surface area is 93.5 Å². The van der Waals surface area contributed by atoms with Crippen molar-refractivity contribution in [1.82, 2.24) is 4.98 Å². The second-order valence-corrected chi connectivity index (χ2v) is 3.60. The summed E-state index contributed by atoms with van der Waals surface area (Å²) in [7, 11) is 0. The third-order valence-electron chi connectivity index (χ3n) is 2.55. The molecule has 86 valence electrons. The molecule has 0 aliphatic carbocycles. The lowest BCUT2D eigenvalue weighted by molar-refractivity contribution is 0.0515. The maximum absolute atomic E-state index is 11.5. The van der Waals surface area contributed by atoms with Gasteiger partial charge in [0.1, 0.15) is 0 Å². The van der Waals surface area contributed by atoms with Crippen LogP contribution in [0.25, 0.3) is 0 Å². The SMILES string of the molecule is CCOC(=O)c1ncc2c(c1O)CCCN2. The van der Waals surface area contributed by atoms with E-state index in [2.05, 4.69) is 10.3 Å². The molecule has 0 unspecified atom stereocenters. The van der Waals surface area contributed by atoms with Crippen molar-refractivity contribution in [2.75, 3.05) is 18.5 Å². The Hall–Kier alpha value is -1.78. The third kappa shape index (κ3) is 1.80. The number of carbonyl (C=O) groups is 1. The van der Waals surface area contributed by atoms with Crippen molar-refractivity contribution in [2.24, 2.45) is 0 Å². The minimum absolute atomic E-state index is 0.00398. The summed E-state index contributed by atoms with van der Waals surface area (Å²) in [6.07, 6.45) is 3.26. The predicted molar refractivity (Wildman–Crippen MR) is 58.7 cm³/mol. The van der Waals surface area contributed by atoms with Gasteiger partial charge >= 0.3 is 5.97 Å². The van der Waals surface area contributed by atoms with Gasteiger partial charge in [-0.25, -0.2) is 9.78 Å². The zero-order valence-electron chi connectivity index (χ0n) is 9.12. The first-order chi connectivity index (χ1) is 7.74. The molecular weight excluding hydrogens is 208 g/mol. The summed E-state index contributed by atoms with van der Waals surface area (Å²) in [5.74, 6) is -0.628. The van der Waals surface area contributed by atoms with Crippen molar-refractivity contribution in [2.45, 2.75) is 19.8 Å². The Bertz CT molecular complexity index is 418. The van der Waals surface area contributed by atoms with E-state index in [-0.39, 0.29) is 18.1 Å². The molecule has 0 bridgehead atoms. The van der Waals surface area contributed by atoms with E-state index in [0.717, 1.165) is 30.6 Å². The third-order valence-corrected chi connectivity index (χ3v) is 2.55. The van der Waals surface area contributed by atoms with Crippen LogP contribution in [0.15, 0.2) is 6.20 Å². The van der Waals surface area contributed by atoms with Crippen molar-refractivity contribution in [3.8, 4) is 5.75 Å². The molecule has 0 amide bonds. The number of anilines is 1. The molecule has 2 heterocycles. The Morgan fingerprint density at radius 2 is 2.50 bits per heavy atom. The minimum Gasteiger partial charge on any atom is -0.505 e. The van der Waals surface area contributed by atoms with Crippen LogP contribution in [0.2, 0.25) is 0 Å². The molecule has 2 rings (SSSR count). The zero-order chi connectivity index (χ0) is 11.5. The van der Waals surface area contributed by atoms with E-state index in [0.29, 0.717) is 0 Å². The molecule has 1 aliphatic heterocycles. The van der Waals surface area contributed by atoms with Gasteiger partial charge < -0.3 is 15.2 Å². The first-order valence-corrected chi connectivity index (χ1v) is 5.36. The number of fused-ring (bicyclic) bond motifs is 1. The molecule has 0 saturated carbocycles. The van der Waals surface area contributed by atoms with Crippen LogP contribution in [-0.2, 0) is 11.2 Å². The van der Waals surface area contributed by atoms with Crippen LogP contribution < -0.4 is 5.32 Å². The summed E-state index contributed by atoms with van der Waals surface area (Å²) in [5.41, 5.74) is 1.56. The molecule has 0 fully saturated rings. The summed E-state index contributed by atoms with van der Waals surface area (Å²) in [6.45, 7) is 2.86. The van der Waals surface area contributed by atoms with E-state index in [1.54, 1.807) is 13.1 Å². The molecule has 1 aromatic heterocycles. The number of ether oxygens (including phenoxy) is 1. The van der Waals surface area contributed by atoms with Crippen LogP contribution in [0.4, 0.5) is 5.69 Å². The maximum Gasteiger partial charge on any atom is 0.360 e. The van der Waals surface area contributed by atoms with Gasteiger partial charge in [0, 0.05) is 12.1 Å². The lowest BCUT2D eigenvalue weighted by Gasteiger charge is -2.19. The van der Waals surface area contributed by atoms with Gasteiger partial charge in [-0.2, -0.15) is 0 Å². The average Bonchev–Trinajstić information content (AvgIpc) is 2.30. The molecule has 0 saturated heterocycles. The standard InChI is InChI=1S/C11H14N2O3/c1-2-16-11(15)9-10(14)7-4-3-5-12-8(7)6-13-9/h6,12,14H,2-5H2,1H3. The fourth-order valence-corrected chi connectivity index (χ4v) is 1.78. The summed E-state index contributed by atoms with van der Waals surface area (Å²) in [5, 5.41) is 13.1. The van der Waals surface area contributed by atoms with Crippen LogP contribution in [0, 0.1) is 0 Å². The average molecular weight is 222 g/mol. The van der Waals surface area contributed by atoms with Crippen molar-refractivity contribution in [3.63, 3.8) is 0 Å². The van der Waals surface area contributed by atoms with E-state index >= 15 is 0 Å². The van der Waals surface area contributed by atoms with Crippen LogP contribution in [-0.4, -0.2) is 29.2 Å². The van der Waals surface area contributed by atoms with Gasteiger partial charge in [0.25, 0.3) is 0 Å². The molecule has 0 aromatic carbocycles. The maximum atomic E-state index is 11.5. The Morgan fingerprint density at radius 1 is 1.69 bits per heavy atom. The first-order valence-electron chi connectivity index (χ1n) is 5.36. The molecule has 16 heavy (non-hydrogen) atoms. The second kappa shape index (κ2) is 4.38. The van der Waals surface area contributed by atoms with E-state index < -0.39 is 5.97 Å². The lowest BCUT2D eigenvalue weighted by atomic mass is 10.0.